The minimum atomic E-state index is 0.623. The summed E-state index contributed by atoms with van der Waals surface area (Å²) < 4.78 is 25.9. The molecule has 1 aliphatic heterocycles. The third kappa shape index (κ3) is 8.00. The molecule has 0 atom stereocenters. The van der Waals surface area contributed by atoms with Crippen LogP contribution in [0.3, 0.4) is 0 Å². The molecule has 1 radical (unpaired) electrons. The molecule has 0 aliphatic carbocycles. The summed E-state index contributed by atoms with van der Waals surface area (Å²) in [7, 11) is 0. The molecule has 5 rings (SSSR count). The Morgan fingerprint density at radius 3 is 1.11 bits per heavy atom. The van der Waals surface area contributed by atoms with Crippen LogP contribution in [-0.2, 0) is 0 Å². The summed E-state index contributed by atoms with van der Waals surface area (Å²) in [5, 5.41) is 0. The van der Waals surface area contributed by atoms with Crippen molar-refractivity contribution in [3.05, 3.63) is 72.8 Å². The van der Waals surface area contributed by atoms with Gasteiger partial charge in [-0.15, -0.1) is 0 Å². The van der Waals surface area contributed by atoms with E-state index in [2.05, 4.69) is 94.4 Å². The number of rotatable bonds is 12. The number of ether oxygens (including phenoxy) is 4. The molecule has 0 fully saturated rings. The van der Waals surface area contributed by atoms with Crippen LogP contribution in [0, 0.1) is 6.07 Å². The summed E-state index contributed by atoms with van der Waals surface area (Å²) in [5.74, 6) is 3.50. The van der Waals surface area contributed by atoms with Gasteiger partial charge in [-0.1, -0.05) is 99.0 Å². The highest BCUT2D eigenvalue weighted by Crippen LogP contribution is 2.53. The largest absolute Gasteiger partial charge is 0.491 e. The van der Waals surface area contributed by atoms with E-state index < -0.39 is 0 Å². The van der Waals surface area contributed by atoms with E-state index in [-0.39, 0.29) is 0 Å². The summed E-state index contributed by atoms with van der Waals surface area (Å²) in [5.41, 5.74) is 0. The predicted molar refractivity (Wildman–Crippen MR) is 184 cm³/mol. The zero-order chi connectivity index (χ0) is 30.7. The van der Waals surface area contributed by atoms with Crippen LogP contribution < -0.4 is 18.9 Å². The van der Waals surface area contributed by atoms with Crippen LogP contribution in [0.5, 0.6) is 23.0 Å². The van der Waals surface area contributed by atoms with Gasteiger partial charge in [-0.3, -0.25) is 0 Å². The van der Waals surface area contributed by atoms with Crippen molar-refractivity contribution >= 4 is 47.0 Å². The van der Waals surface area contributed by atoms with Gasteiger partial charge in [-0.25, -0.2) is 0 Å². The Kier molecular flexibility index (Phi) is 12.5. The molecule has 0 saturated carbocycles. The van der Waals surface area contributed by atoms with Gasteiger partial charge >= 0.3 is 0 Å². The van der Waals surface area contributed by atoms with Gasteiger partial charge in [-0.2, -0.15) is 0 Å². The maximum atomic E-state index is 6.48. The van der Waals surface area contributed by atoms with Crippen LogP contribution in [0.15, 0.2) is 106 Å². The summed E-state index contributed by atoms with van der Waals surface area (Å²) in [6.07, 6.45) is 3.68. The first kappa shape index (κ1) is 32.9. The van der Waals surface area contributed by atoms with Crippen molar-refractivity contribution in [2.75, 3.05) is 26.4 Å². The smallest absolute Gasteiger partial charge is 0.147 e. The van der Waals surface area contributed by atoms with E-state index in [1.807, 2.05) is 6.07 Å². The SMILES string of the molecule is CCCOc1c2[c]ccc1Sc1cccc(c1OCCC)Sc1cccc(c1OCCC)Sc1cccc(c1OCCC)S2. The van der Waals surface area contributed by atoms with Crippen LogP contribution >= 0.6 is 47.0 Å². The highest BCUT2D eigenvalue weighted by atomic mass is 32.2. The Labute approximate surface area is 279 Å². The van der Waals surface area contributed by atoms with Crippen molar-refractivity contribution in [3.63, 3.8) is 0 Å². The van der Waals surface area contributed by atoms with Gasteiger partial charge in [-0.05, 0) is 68.1 Å². The topological polar surface area (TPSA) is 36.9 Å². The van der Waals surface area contributed by atoms with Crippen LogP contribution in [0.2, 0.25) is 0 Å². The van der Waals surface area contributed by atoms with Crippen molar-refractivity contribution in [1.82, 2.24) is 0 Å². The summed E-state index contributed by atoms with van der Waals surface area (Å²) in [4.78, 5) is 8.28. The lowest BCUT2D eigenvalue weighted by molar-refractivity contribution is 0.299. The van der Waals surface area contributed by atoms with Crippen molar-refractivity contribution < 1.29 is 18.9 Å². The number of fused-ring (bicyclic) bond motifs is 8. The first-order valence-corrected chi connectivity index (χ1v) is 18.6. The molecular weight excluding hydrogens is 625 g/mol. The average Bonchev–Trinajstić information content (AvgIpc) is 3.03. The van der Waals surface area contributed by atoms with E-state index in [9.17, 15) is 0 Å². The van der Waals surface area contributed by atoms with Crippen LogP contribution in [-0.4, -0.2) is 26.4 Å². The van der Waals surface area contributed by atoms with Crippen molar-refractivity contribution in [3.8, 4) is 23.0 Å². The molecule has 4 aromatic rings. The molecule has 0 unspecified atom stereocenters. The van der Waals surface area contributed by atoms with Crippen LogP contribution in [0.25, 0.3) is 0 Å². The van der Waals surface area contributed by atoms with E-state index in [0.717, 1.165) is 87.8 Å². The second-order valence-corrected chi connectivity index (χ2v) is 14.4. The number of para-hydroxylation sites is 3. The monoisotopic (exact) mass is 663 g/mol. The Balaban J connectivity index is 1.74. The number of hydrogen-bond donors (Lipinski definition) is 0. The third-order valence-electron chi connectivity index (χ3n) is 6.38. The molecule has 44 heavy (non-hydrogen) atoms. The molecule has 0 saturated heterocycles. The first-order valence-electron chi connectivity index (χ1n) is 15.3. The normalized spacial score (nSPS) is 12.5. The fraction of sp³-hybridized carbons (Fsp3) is 0.333. The van der Waals surface area contributed by atoms with Gasteiger partial charge in [0.05, 0.1) is 65.6 Å². The number of benzene rings is 4. The van der Waals surface area contributed by atoms with Gasteiger partial charge < -0.3 is 18.9 Å². The molecule has 4 aromatic carbocycles. The molecule has 1 heterocycles. The standard InChI is InChI=1S/C36H39O4S4/c1-5-21-37-33-25-13-9-14-26(33)42-28-16-11-18-30(35(28)39-23-7-3)44-32-20-12-19-31(36(32)40-24-8-4)43-29-17-10-15-27(41-25)34(29)38-22-6-2/h9-19H,5-8,21-24H2,1-4H3. The zero-order valence-electron chi connectivity index (χ0n) is 25.8. The van der Waals surface area contributed by atoms with Crippen LogP contribution in [0.1, 0.15) is 53.4 Å². The molecule has 8 bridgehead atoms. The third-order valence-corrected chi connectivity index (χ3v) is 10.7. The van der Waals surface area contributed by atoms with Gasteiger partial charge in [0.1, 0.15) is 23.0 Å². The molecule has 231 valence electrons. The van der Waals surface area contributed by atoms with Crippen LogP contribution in [0.4, 0.5) is 0 Å². The van der Waals surface area contributed by atoms with E-state index in [1.54, 1.807) is 47.0 Å². The van der Waals surface area contributed by atoms with Crippen molar-refractivity contribution in [2.45, 2.75) is 92.5 Å². The molecule has 0 spiro atoms. The van der Waals surface area contributed by atoms with Gasteiger partial charge in [0.15, 0.2) is 0 Å². The Morgan fingerprint density at radius 2 is 0.750 bits per heavy atom. The molecule has 0 aromatic heterocycles. The summed E-state index contributed by atoms with van der Waals surface area (Å²) >= 11 is 6.70. The maximum Gasteiger partial charge on any atom is 0.147 e. The quantitative estimate of drug-likeness (QED) is 0.131. The average molecular weight is 664 g/mol. The van der Waals surface area contributed by atoms with Crippen molar-refractivity contribution in [1.29, 1.82) is 0 Å². The molecule has 0 N–H and O–H groups in total. The molecular formula is C36H39O4S4. The lowest BCUT2D eigenvalue weighted by Crippen LogP contribution is -2.02. The first-order chi connectivity index (χ1) is 21.7. The van der Waals surface area contributed by atoms with E-state index in [0.29, 0.717) is 26.4 Å². The summed E-state index contributed by atoms with van der Waals surface area (Å²) in [6.45, 7) is 11.1. The van der Waals surface area contributed by atoms with Crippen molar-refractivity contribution in [2.24, 2.45) is 0 Å². The number of hydrogen-bond acceptors (Lipinski definition) is 8. The lowest BCUT2D eigenvalue weighted by atomic mass is 10.3. The van der Waals surface area contributed by atoms with E-state index in [4.69, 9.17) is 18.9 Å². The highest BCUT2D eigenvalue weighted by Gasteiger charge is 2.23. The minimum absolute atomic E-state index is 0.623. The predicted octanol–water partition coefficient (Wildman–Crippen LogP) is 11.6. The molecule has 4 nitrogen and oxygen atoms in total. The maximum absolute atomic E-state index is 6.48. The minimum Gasteiger partial charge on any atom is -0.491 e. The molecule has 1 aliphatic rings. The zero-order valence-corrected chi connectivity index (χ0v) is 29.0. The lowest BCUT2D eigenvalue weighted by Gasteiger charge is -2.21. The fourth-order valence-corrected chi connectivity index (χ4v) is 8.83. The second kappa shape index (κ2) is 16.7. The Morgan fingerprint density at radius 1 is 0.432 bits per heavy atom. The van der Waals surface area contributed by atoms with Gasteiger partial charge in [0.25, 0.3) is 0 Å². The van der Waals surface area contributed by atoms with Gasteiger partial charge in [0, 0.05) is 6.07 Å². The van der Waals surface area contributed by atoms with Gasteiger partial charge in [0.2, 0.25) is 0 Å². The highest BCUT2D eigenvalue weighted by molar-refractivity contribution is 8.01. The fourth-order valence-electron chi connectivity index (χ4n) is 4.42. The summed E-state index contributed by atoms with van der Waals surface area (Å²) in [6, 6.07) is 26.7. The van der Waals surface area contributed by atoms with E-state index in [1.165, 1.54) is 0 Å². The molecule has 0 amide bonds. The molecule has 8 heteroatoms. The Hall–Kier alpha value is -2.52. The Bertz CT molecular complexity index is 1230. The second-order valence-electron chi connectivity index (χ2n) is 10.1. The van der Waals surface area contributed by atoms with E-state index >= 15 is 0 Å².